The first-order valence-corrected chi connectivity index (χ1v) is 7.01. The minimum Gasteiger partial charge on any atom is -0.493 e. The Labute approximate surface area is 126 Å². The largest absolute Gasteiger partial charge is 0.493 e. The molecule has 0 unspecified atom stereocenters. The molecule has 1 aromatic carbocycles. The molecule has 110 valence electrons. The summed E-state index contributed by atoms with van der Waals surface area (Å²) in [5.74, 6) is 0.318. The molecule has 0 saturated carbocycles. The number of benzene rings is 1. The van der Waals surface area contributed by atoms with Crippen LogP contribution in [-0.2, 0) is 4.79 Å². The fourth-order valence-corrected chi connectivity index (χ4v) is 2.19. The van der Waals surface area contributed by atoms with Crippen molar-refractivity contribution in [3.63, 3.8) is 0 Å². The Balaban J connectivity index is 2.20. The van der Waals surface area contributed by atoms with Crippen LogP contribution in [0.2, 0.25) is 0 Å². The van der Waals surface area contributed by atoms with E-state index < -0.39 is 5.97 Å². The Hall–Kier alpha value is -2.28. The lowest BCUT2D eigenvalue weighted by molar-refractivity contribution is -0.133. The van der Waals surface area contributed by atoms with Crippen molar-refractivity contribution in [2.24, 2.45) is 0 Å². The van der Waals surface area contributed by atoms with Crippen LogP contribution >= 0.6 is 11.8 Å². The molecular weight excluding hydrogens is 292 g/mol. The predicted octanol–water partition coefficient (Wildman–Crippen LogP) is 2.34. The molecule has 2 aromatic rings. The van der Waals surface area contributed by atoms with Gasteiger partial charge in [0.2, 0.25) is 0 Å². The maximum atomic E-state index is 10.5. The van der Waals surface area contributed by atoms with Gasteiger partial charge in [-0.15, -0.1) is 0 Å². The molecule has 6 nitrogen and oxygen atoms in total. The minimum absolute atomic E-state index is 0.0598. The molecular formula is C14H14N2O4S. The van der Waals surface area contributed by atoms with Crippen LogP contribution in [-0.4, -0.2) is 41.0 Å². The molecule has 0 radical (unpaired) electrons. The van der Waals surface area contributed by atoms with Gasteiger partial charge in [-0.2, -0.15) is 0 Å². The van der Waals surface area contributed by atoms with Gasteiger partial charge in [0, 0.05) is 18.0 Å². The van der Waals surface area contributed by atoms with Crippen molar-refractivity contribution in [3.05, 3.63) is 30.6 Å². The van der Waals surface area contributed by atoms with Crippen LogP contribution in [0.5, 0.6) is 11.5 Å². The lowest BCUT2D eigenvalue weighted by Gasteiger charge is -2.09. The number of ether oxygens (including phenoxy) is 2. The van der Waals surface area contributed by atoms with Gasteiger partial charge < -0.3 is 14.6 Å². The molecule has 2 rings (SSSR count). The van der Waals surface area contributed by atoms with Gasteiger partial charge in [-0.05, 0) is 17.7 Å². The van der Waals surface area contributed by atoms with Crippen LogP contribution < -0.4 is 9.47 Å². The summed E-state index contributed by atoms with van der Waals surface area (Å²) in [4.78, 5) is 18.8. The number of hydrogen-bond acceptors (Lipinski definition) is 6. The second kappa shape index (κ2) is 6.94. The van der Waals surface area contributed by atoms with Crippen molar-refractivity contribution in [2.75, 3.05) is 20.0 Å². The van der Waals surface area contributed by atoms with Crippen molar-refractivity contribution in [1.29, 1.82) is 0 Å². The van der Waals surface area contributed by atoms with E-state index in [1.54, 1.807) is 32.7 Å². The van der Waals surface area contributed by atoms with Gasteiger partial charge in [-0.25, -0.2) is 9.97 Å². The number of carboxylic acids is 1. The molecule has 0 amide bonds. The van der Waals surface area contributed by atoms with Gasteiger partial charge >= 0.3 is 5.97 Å². The average Bonchev–Trinajstić information content (AvgIpc) is 2.52. The zero-order chi connectivity index (χ0) is 15.2. The fraction of sp³-hybridized carbons (Fsp3) is 0.214. The highest BCUT2D eigenvalue weighted by atomic mass is 32.2. The van der Waals surface area contributed by atoms with E-state index >= 15 is 0 Å². The van der Waals surface area contributed by atoms with Gasteiger partial charge in [0.05, 0.1) is 20.0 Å². The summed E-state index contributed by atoms with van der Waals surface area (Å²) in [6.07, 6.45) is 3.30. The molecule has 0 aliphatic carbocycles. The van der Waals surface area contributed by atoms with Crippen molar-refractivity contribution >= 4 is 17.7 Å². The number of carboxylic acid groups (broad SMARTS) is 1. The maximum Gasteiger partial charge on any atom is 0.313 e. The number of aromatic nitrogens is 2. The number of thioether (sulfide) groups is 1. The van der Waals surface area contributed by atoms with Gasteiger partial charge in [-0.1, -0.05) is 17.8 Å². The lowest BCUT2D eigenvalue weighted by Crippen LogP contribution is -1.99. The molecule has 1 aromatic heterocycles. The summed E-state index contributed by atoms with van der Waals surface area (Å²) in [7, 11) is 3.15. The number of hydrogen-bond donors (Lipinski definition) is 1. The van der Waals surface area contributed by atoms with Gasteiger partial charge in [0.25, 0.3) is 0 Å². The lowest BCUT2D eigenvalue weighted by atomic mass is 10.1. The first-order valence-electron chi connectivity index (χ1n) is 6.03. The van der Waals surface area contributed by atoms with E-state index in [1.165, 1.54) is 0 Å². The number of nitrogens with zero attached hydrogens (tertiary/aromatic N) is 2. The standard InChI is InChI=1S/C14H14N2O4S/c1-19-11-4-3-9(5-12(11)20-2)10-6-15-14(16-7-10)21-8-13(17)18/h3-7H,8H2,1-2H3,(H,17,18). The summed E-state index contributed by atoms with van der Waals surface area (Å²) in [5, 5.41) is 9.04. The van der Waals surface area contributed by atoms with Crippen molar-refractivity contribution in [1.82, 2.24) is 9.97 Å². The second-order valence-electron chi connectivity index (χ2n) is 4.01. The fourth-order valence-electron chi connectivity index (χ4n) is 1.68. The molecule has 0 aliphatic heterocycles. The molecule has 0 atom stereocenters. The molecule has 1 N–H and O–H groups in total. The van der Waals surface area contributed by atoms with Crippen molar-refractivity contribution in [2.45, 2.75) is 5.16 Å². The molecule has 1 heterocycles. The monoisotopic (exact) mass is 306 g/mol. The van der Waals surface area contributed by atoms with E-state index in [1.807, 2.05) is 12.1 Å². The predicted molar refractivity (Wildman–Crippen MR) is 78.9 cm³/mol. The van der Waals surface area contributed by atoms with E-state index in [4.69, 9.17) is 14.6 Å². The summed E-state index contributed by atoms with van der Waals surface area (Å²) in [5.41, 5.74) is 1.71. The third kappa shape index (κ3) is 3.85. The second-order valence-corrected chi connectivity index (χ2v) is 4.95. The average molecular weight is 306 g/mol. The first kappa shape index (κ1) is 15.1. The van der Waals surface area contributed by atoms with Crippen molar-refractivity contribution < 1.29 is 19.4 Å². The molecule has 21 heavy (non-hydrogen) atoms. The van der Waals surface area contributed by atoms with E-state index in [0.717, 1.165) is 22.9 Å². The molecule has 0 aliphatic rings. The Morgan fingerprint density at radius 2 is 1.81 bits per heavy atom. The van der Waals surface area contributed by atoms with E-state index in [2.05, 4.69) is 9.97 Å². The third-order valence-electron chi connectivity index (χ3n) is 2.67. The van der Waals surface area contributed by atoms with Crippen LogP contribution in [0.3, 0.4) is 0 Å². The summed E-state index contributed by atoms with van der Waals surface area (Å²) < 4.78 is 10.4. The van der Waals surface area contributed by atoms with Crippen molar-refractivity contribution in [3.8, 4) is 22.6 Å². The number of carbonyl (C=O) groups is 1. The Kier molecular flexibility index (Phi) is 4.99. The van der Waals surface area contributed by atoms with Gasteiger partial charge in [-0.3, -0.25) is 4.79 Å². The smallest absolute Gasteiger partial charge is 0.313 e. The quantitative estimate of drug-likeness (QED) is 0.648. The van der Waals surface area contributed by atoms with Crippen LogP contribution in [0.4, 0.5) is 0 Å². The topological polar surface area (TPSA) is 81.5 Å². The van der Waals surface area contributed by atoms with Gasteiger partial charge in [0.15, 0.2) is 16.7 Å². The van der Waals surface area contributed by atoms with Crippen LogP contribution in [0, 0.1) is 0 Å². The molecule has 0 fully saturated rings. The summed E-state index contributed by atoms with van der Waals surface area (Å²) >= 11 is 1.08. The Morgan fingerprint density at radius 3 is 2.38 bits per heavy atom. The summed E-state index contributed by atoms with van der Waals surface area (Å²) in [6, 6.07) is 5.52. The maximum absolute atomic E-state index is 10.5. The zero-order valence-electron chi connectivity index (χ0n) is 11.6. The highest BCUT2D eigenvalue weighted by molar-refractivity contribution is 7.99. The van der Waals surface area contributed by atoms with Crippen LogP contribution in [0.1, 0.15) is 0 Å². The highest BCUT2D eigenvalue weighted by Crippen LogP contribution is 2.32. The Bertz CT molecular complexity index is 631. The number of aliphatic carboxylic acids is 1. The molecule has 0 bridgehead atoms. The highest BCUT2D eigenvalue weighted by Gasteiger charge is 2.08. The van der Waals surface area contributed by atoms with Crippen LogP contribution in [0.25, 0.3) is 11.1 Å². The Morgan fingerprint density at radius 1 is 1.14 bits per heavy atom. The summed E-state index contributed by atoms with van der Waals surface area (Å²) in [6.45, 7) is 0. The van der Waals surface area contributed by atoms with E-state index in [9.17, 15) is 4.79 Å². The zero-order valence-corrected chi connectivity index (χ0v) is 12.4. The van der Waals surface area contributed by atoms with E-state index in [0.29, 0.717) is 16.7 Å². The van der Waals surface area contributed by atoms with Crippen LogP contribution in [0.15, 0.2) is 35.7 Å². The molecule has 7 heteroatoms. The normalized spacial score (nSPS) is 10.2. The SMILES string of the molecule is COc1ccc(-c2cnc(SCC(=O)O)nc2)cc1OC. The molecule has 0 spiro atoms. The first-order chi connectivity index (χ1) is 10.1. The third-order valence-corrected chi connectivity index (χ3v) is 3.53. The van der Waals surface area contributed by atoms with Gasteiger partial charge in [0.1, 0.15) is 0 Å². The molecule has 0 saturated heterocycles. The number of rotatable bonds is 6. The minimum atomic E-state index is -0.896. The number of methoxy groups -OCH3 is 2. The van der Waals surface area contributed by atoms with E-state index in [-0.39, 0.29) is 5.75 Å².